The van der Waals surface area contributed by atoms with Gasteiger partial charge in [-0.15, -0.1) is 0 Å². The number of halogens is 3. The van der Waals surface area contributed by atoms with Crippen molar-refractivity contribution in [2.75, 3.05) is 0 Å². The number of nitrogens with zero attached hydrogens (tertiary/aromatic N) is 1. The fourth-order valence-electron chi connectivity index (χ4n) is 1.45. The second-order valence-corrected chi connectivity index (χ2v) is 5.06. The van der Waals surface area contributed by atoms with Crippen LogP contribution >= 0.6 is 27.5 Å². The van der Waals surface area contributed by atoms with Crippen LogP contribution in [0.2, 0.25) is 5.02 Å². The van der Waals surface area contributed by atoms with E-state index in [0.29, 0.717) is 15.8 Å². The predicted octanol–water partition coefficient (Wildman–Crippen LogP) is 4.69. The number of rotatable bonds is 3. The highest BCUT2D eigenvalue weighted by Gasteiger charge is 2.08. The average molecular weight is 341 g/mol. The highest BCUT2D eigenvalue weighted by atomic mass is 79.9. The summed E-state index contributed by atoms with van der Waals surface area (Å²) in [6.45, 7) is 0.283. The van der Waals surface area contributed by atoms with E-state index in [2.05, 4.69) is 15.9 Å². The second-order valence-electron chi connectivity index (χ2n) is 3.79. The van der Waals surface area contributed by atoms with Gasteiger partial charge < -0.3 is 4.74 Å². The van der Waals surface area contributed by atoms with Gasteiger partial charge in [-0.25, -0.2) is 4.39 Å². The molecule has 5 heteroatoms. The molecule has 19 heavy (non-hydrogen) atoms. The Morgan fingerprint density at radius 1 is 1.26 bits per heavy atom. The van der Waals surface area contributed by atoms with E-state index < -0.39 is 5.82 Å². The molecule has 96 valence electrons. The zero-order chi connectivity index (χ0) is 13.8. The van der Waals surface area contributed by atoms with Crippen molar-refractivity contribution in [3.63, 3.8) is 0 Å². The quantitative estimate of drug-likeness (QED) is 0.759. The fourth-order valence-corrected chi connectivity index (χ4v) is 2.20. The van der Waals surface area contributed by atoms with E-state index >= 15 is 0 Å². The summed E-state index contributed by atoms with van der Waals surface area (Å²) in [5, 5.41) is 8.73. The molecule has 2 aromatic carbocycles. The number of ether oxygens (including phenoxy) is 1. The smallest absolute Gasteiger partial charge is 0.145 e. The Labute approximate surface area is 123 Å². The van der Waals surface area contributed by atoms with E-state index in [1.165, 1.54) is 12.1 Å². The predicted molar refractivity (Wildman–Crippen MR) is 74.6 cm³/mol. The summed E-state index contributed by atoms with van der Waals surface area (Å²) < 4.78 is 19.4. The minimum absolute atomic E-state index is 0.0394. The lowest BCUT2D eigenvalue weighted by Gasteiger charge is -2.09. The molecule has 0 aliphatic rings. The summed E-state index contributed by atoms with van der Waals surface area (Å²) in [5.41, 5.74) is 1.48. The molecule has 0 aliphatic heterocycles. The third-order valence-corrected chi connectivity index (χ3v) is 3.36. The van der Waals surface area contributed by atoms with Crippen LogP contribution in [-0.2, 0) is 6.61 Å². The van der Waals surface area contributed by atoms with Crippen LogP contribution in [-0.4, -0.2) is 0 Å². The Morgan fingerprint density at radius 3 is 2.58 bits per heavy atom. The van der Waals surface area contributed by atoms with Gasteiger partial charge in [-0.05, 0) is 39.7 Å². The van der Waals surface area contributed by atoms with Crippen molar-refractivity contribution >= 4 is 27.5 Å². The highest BCUT2D eigenvalue weighted by molar-refractivity contribution is 9.10. The van der Waals surface area contributed by atoms with Crippen LogP contribution < -0.4 is 4.74 Å². The molecule has 2 nitrogen and oxygen atoms in total. The van der Waals surface area contributed by atoms with E-state index in [1.54, 1.807) is 24.3 Å². The molecule has 0 N–H and O–H groups in total. The molecular formula is C14H8BrClFNO. The Hall–Kier alpha value is -1.57. The van der Waals surface area contributed by atoms with E-state index in [1.807, 2.05) is 6.07 Å². The van der Waals surface area contributed by atoms with Gasteiger partial charge in [0.1, 0.15) is 18.2 Å². The van der Waals surface area contributed by atoms with Gasteiger partial charge in [0.15, 0.2) is 0 Å². The van der Waals surface area contributed by atoms with Crippen molar-refractivity contribution < 1.29 is 9.13 Å². The molecule has 0 saturated heterocycles. The molecule has 0 saturated carbocycles. The molecule has 2 aromatic rings. The molecule has 0 aromatic heterocycles. The van der Waals surface area contributed by atoms with E-state index in [0.717, 1.165) is 5.56 Å². The number of hydrogen-bond acceptors (Lipinski definition) is 2. The first-order valence-corrected chi connectivity index (χ1v) is 6.53. The van der Waals surface area contributed by atoms with Gasteiger partial charge in [0.2, 0.25) is 0 Å². The Balaban J connectivity index is 2.10. The molecule has 2 rings (SSSR count). The molecule has 0 atom stereocenters. The maximum atomic E-state index is 13.3. The molecular weight excluding hydrogens is 333 g/mol. The minimum atomic E-state index is -0.528. The first-order chi connectivity index (χ1) is 9.10. The zero-order valence-electron chi connectivity index (χ0n) is 9.66. The fraction of sp³-hybridized carbons (Fsp3) is 0.0714. The summed E-state index contributed by atoms with van der Waals surface area (Å²) >= 11 is 8.90. The standard InChI is InChI=1S/C14H8BrClFNO/c15-11-5-12(16)13(17)6-14(11)19-8-10-3-1-9(7-18)2-4-10/h1-6H,8H2. The van der Waals surface area contributed by atoms with Gasteiger partial charge >= 0.3 is 0 Å². The van der Waals surface area contributed by atoms with Crippen molar-refractivity contribution in [1.29, 1.82) is 5.26 Å². The Morgan fingerprint density at radius 2 is 1.95 bits per heavy atom. The topological polar surface area (TPSA) is 33.0 Å². The van der Waals surface area contributed by atoms with Gasteiger partial charge in [0, 0.05) is 6.07 Å². The third kappa shape index (κ3) is 3.46. The van der Waals surface area contributed by atoms with Crippen molar-refractivity contribution in [1.82, 2.24) is 0 Å². The molecule has 0 amide bonds. The molecule has 0 aliphatic carbocycles. The first-order valence-electron chi connectivity index (χ1n) is 5.36. The lowest BCUT2D eigenvalue weighted by Crippen LogP contribution is -1.97. The lowest BCUT2D eigenvalue weighted by atomic mass is 10.2. The third-order valence-electron chi connectivity index (χ3n) is 2.45. The van der Waals surface area contributed by atoms with Crippen molar-refractivity contribution in [2.24, 2.45) is 0 Å². The maximum absolute atomic E-state index is 13.3. The molecule has 0 radical (unpaired) electrons. The van der Waals surface area contributed by atoms with Crippen LogP contribution in [0.1, 0.15) is 11.1 Å². The van der Waals surface area contributed by atoms with Crippen LogP contribution in [0.25, 0.3) is 0 Å². The van der Waals surface area contributed by atoms with Gasteiger partial charge in [-0.3, -0.25) is 0 Å². The maximum Gasteiger partial charge on any atom is 0.145 e. The zero-order valence-corrected chi connectivity index (χ0v) is 12.0. The SMILES string of the molecule is N#Cc1ccc(COc2cc(F)c(Cl)cc2Br)cc1. The van der Waals surface area contributed by atoms with Crippen LogP contribution in [0.5, 0.6) is 5.75 Å². The Kier molecular flexibility index (Phi) is 4.41. The summed E-state index contributed by atoms with van der Waals surface area (Å²) in [6, 6.07) is 11.7. The van der Waals surface area contributed by atoms with E-state index in [4.69, 9.17) is 21.6 Å². The van der Waals surface area contributed by atoms with Crippen molar-refractivity contribution in [3.8, 4) is 11.8 Å². The number of benzene rings is 2. The van der Waals surface area contributed by atoms with E-state index in [9.17, 15) is 4.39 Å². The Bertz CT molecular complexity index is 637. The lowest BCUT2D eigenvalue weighted by molar-refractivity contribution is 0.302. The summed E-state index contributed by atoms with van der Waals surface area (Å²) in [6.07, 6.45) is 0. The van der Waals surface area contributed by atoms with Crippen LogP contribution in [0.3, 0.4) is 0 Å². The van der Waals surface area contributed by atoms with Crippen molar-refractivity contribution in [3.05, 3.63) is 62.8 Å². The van der Waals surface area contributed by atoms with Gasteiger partial charge in [-0.2, -0.15) is 5.26 Å². The van der Waals surface area contributed by atoms with Gasteiger partial charge in [0.05, 0.1) is 21.1 Å². The molecule has 0 bridgehead atoms. The van der Waals surface area contributed by atoms with E-state index in [-0.39, 0.29) is 11.6 Å². The van der Waals surface area contributed by atoms with Gasteiger partial charge in [0.25, 0.3) is 0 Å². The number of nitriles is 1. The average Bonchev–Trinajstić information content (AvgIpc) is 2.42. The van der Waals surface area contributed by atoms with Crippen LogP contribution in [0, 0.1) is 17.1 Å². The molecule has 0 heterocycles. The summed E-state index contributed by atoms with van der Waals surface area (Å²) in [4.78, 5) is 0. The van der Waals surface area contributed by atoms with Crippen LogP contribution in [0.15, 0.2) is 40.9 Å². The molecule has 0 unspecified atom stereocenters. The summed E-state index contributed by atoms with van der Waals surface area (Å²) in [7, 11) is 0. The van der Waals surface area contributed by atoms with Crippen LogP contribution in [0.4, 0.5) is 4.39 Å². The van der Waals surface area contributed by atoms with Crippen molar-refractivity contribution in [2.45, 2.75) is 6.61 Å². The molecule has 0 spiro atoms. The highest BCUT2D eigenvalue weighted by Crippen LogP contribution is 2.31. The monoisotopic (exact) mass is 339 g/mol. The minimum Gasteiger partial charge on any atom is -0.488 e. The normalized spacial score (nSPS) is 10.0. The summed E-state index contributed by atoms with van der Waals surface area (Å²) in [5.74, 6) is -0.147. The number of hydrogen-bond donors (Lipinski definition) is 0. The van der Waals surface area contributed by atoms with Gasteiger partial charge in [-0.1, -0.05) is 23.7 Å². The first kappa shape index (κ1) is 13.9. The molecule has 0 fully saturated rings. The largest absolute Gasteiger partial charge is 0.488 e. The second kappa shape index (κ2) is 6.05.